The number of hydrogen-bond donors (Lipinski definition) is 1. The number of aryl methyl sites for hydroxylation is 2. The van der Waals surface area contributed by atoms with Gasteiger partial charge < -0.3 is 14.7 Å². The summed E-state index contributed by atoms with van der Waals surface area (Å²) in [6.07, 6.45) is -0.933. The Hall–Kier alpha value is -1.47. The monoisotopic (exact) mass is 270 g/mol. The number of carboxylic acids is 1. The Balaban J connectivity index is 2.14. The van der Waals surface area contributed by atoms with Crippen LogP contribution >= 0.6 is 11.3 Å². The van der Waals surface area contributed by atoms with E-state index in [4.69, 9.17) is 9.84 Å². The van der Waals surface area contributed by atoms with Gasteiger partial charge in [0.2, 0.25) is 0 Å². The van der Waals surface area contributed by atoms with Crippen molar-refractivity contribution >= 4 is 23.2 Å². The molecule has 0 aromatic carbocycles. The summed E-state index contributed by atoms with van der Waals surface area (Å²) in [7, 11) is 0. The standard InChI is InChI=1S/C11H14N2O4S/c1-6-9(18-7(2)12-6)10(14)13-3-4-17-8(5-13)11(15)16/h8H,3-5H2,1-2H3,(H,15,16)/t8-/m1/s1. The average Bonchev–Trinajstić information content (AvgIpc) is 2.67. The number of thiazole rings is 1. The molecule has 1 aromatic heterocycles. The van der Waals surface area contributed by atoms with Crippen molar-refractivity contribution in [2.24, 2.45) is 0 Å². The average molecular weight is 270 g/mol. The smallest absolute Gasteiger partial charge is 0.334 e. The SMILES string of the molecule is Cc1nc(C)c(C(=O)N2CCO[C@@H](C(=O)O)C2)s1. The third-order valence-corrected chi connectivity index (χ3v) is 3.79. The molecular formula is C11H14N2O4S. The maximum absolute atomic E-state index is 12.2. The predicted molar refractivity (Wildman–Crippen MR) is 64.9 cm³/mol. The fraction of sp³-hybridized carbons (Fsp3) is 0.545. The van der Waals surface area contributed by atoms with E-state index in [9.17, 15) is 9.59 Å². The molecular weight excluding hydrogens is 256 g/mol. The highest BCUT2D eigenvalue weighted by atomic mass is 32.1. The fourth-order valence-corrected chi connectivity index (χ4v) is 2.74. The first kappa shape index (κ1) is 13.0. The molecule has 18 heavy (non-hydrogen) atoms. The minimum absolute atomic E-state index is 0.0879. The van der Waals surface area contributed by atoms with Gasteiger partial charge in [-0.25, -0.2) is 9.78 Å². The molecule has 1 amide bonds. The van der Waals surface area contributed by atoms with Gasteiger partial charge in [0, 0.05) is 6.54 Å². The molecule has 1 saturated heterocycles. The molecule has 0 aliphatic carbocycles. The number of amides is 1. The van der Waals surface area contributed by atoms with Crippen molar-refractivity contribution in [3.05, 3.63) is 15.6 Å². The minimum Gasteiger partial charge on any atom is -0.479 e. The van der Waals surface area contributed by atoms with E-state index in [2.05, 4.69) is 4.98 Å². The van der Waals surface area contributed by atoms with Gasteiger partial charge in [0.15, 0.2) is 6.10 Å². The van der Waals surface area contributed by atoms with E-state index in [-0.39, 0.29) is 19.1 Å². The lowest BCUT2D eigenvalue weighted by atomic mass is 10.2. The van der Waals surface area contributed by atoms with Crippen LogP contribution in [-0.2, 0) is 9.53 Å². The van der Waals surface area contributed by atoms with E-state index in [0.29, 0.717) is 17.1 Å². The zero-order valence-corrected chi connectivity index (χ0v) is 11.0. The van der Waals surface area contributed by atoms with Gasteiger partial charge in [-0.2, -0.15) is 0 Å². The Labute approximate surface area is 108 Å². The second-order valence-electron chi connectivity index (χ2n) is 4.10. The molecule has 1 N–H and O–H groups in total. The number of carboxylic acid groups (broad SMARTS) is 1. The van der Waals surface area contributed by atoms with Crippen LogP contribution in [-0.4, -0.2) is 52.7 Å². The lowest BCUT2D eigenvalue weighted by Crippen LogP contribution is -2.48. The second kappa shape index (κ2) is 5.03. The van der Waals surface area contributed by atoms with Crippen molar-refractivity contribution in [3.63, 3.8) is 0 Å². The molecule has 0 spiro atoms. The zero-order chi connectivity index (χ0) is 13.3. The number of rotatable bonds is 2. The summed E-state index contributed by atoms with van der Waals surface area (Å²) in [5.74, 6) is -1.20. The van der Waals surface area contributed by atoms with Crippen LogP contribution in [0.4, 0.5) is 0 Å². The predicted octanol–water partition coefficient (Wildman–Crippen LogP) is 0.686. The van der Waals surface area contributed by atoms with Crippen molar-refractivity contribution in [1.82, 2.24) is 9.88 Å². The molecule has 0 radical (unpaired) electrons. The minimum atomic E-state index is -1.04. The highest BCUT2D eigenvalue weighted by Gasteiger charge is 2.30. The summed E-state index contributed by atoms with van der Waals surface area (Å²) in [5, 5.41) is 9.73. The van der Waals surface area contributed by atoms with E-state index in [1.54, 1.807) is 6.92 Å². The molecule has 1 atom stereocenters. The number of aromatic nitrogens is 1. The fourth-order valence-electron chi connectivity index (χ4n) is 1.86. The number of hydrogen-bond acceptors (Lipinski definition) is 5. The summed E-state index contributed by atoms with van der Waals surface area (Å²) in [5.41, 5.74) is 0.695. The quantitative estimate of drug-likeness (QED) is 0.855. The van der Waals surface area contributed by atoms with Gasteiger partial charge in [-0.15, -0.1) is 11.3 Å². The maximum atomic E-state index is 12.2. The zero-order valence-electron chi connectivity index (χ0n) is 10.2. The van der Waals surface area contributed by atoms with E-state index < -0.39 is 12.1 Å². The van der Waals surface area contributed by atoms with Gasteiger partial charge in [-0.3, -0.25) is 4.79 Å². The first-order chi connectivity index (χ1) is 8.49. The lowest BCUT2D eigenvalue weighted by molar-refractivity contribution is -0.154. The summed E-state index contributed by atoms with van der Waals surface area (Å²) < 4.78 is 5.09. The molecule has 98 valence electrons. The van der Waals surface area contributed by atoms with Crippen LogP contribution in [0.15, 0.2) is 0 Å². The van der Waals surface area contributed by atoms with E-state index in [1.165, 1.54) is 16.2 Å². The first-order valence-electron chi connectivity index (χ1n) is 5.56. The Kier molecular flexibility index (Phi) is 3.63. The molecule has 1 aliphatic heterocycles. The van der Waals surface area contributed by atoms with Gasteiger partial charge >= 0.3 is 5.97 Å². The van der Waals surface area contributed by atoms with Gasteiger partial charge in [-0.1, -0.05) is 0 Å². The van der Waals surface area contributed by atoms with Crippen molar-refractivity contribution in [2.45, 2.75) is 20.0 Å². The summed E-state index contributed by atoms with van der Waals surface area (Å²) in [6.45, 7) is 4.38. The summed E-state index contributed by atoms with van der Waals surface area (Å²) in [4.78, 5) is 29.4. The molecule has 0 saturated carbocycles. The molecule has 2 heterocycles. The highest BCUT2D eigenvalue weighted by molar-refractivity contribution is 7.13. The van der Waals surface area contributed by atoms with Crippen LogP contribution < -0.4 is 0 Å². The normalized spacial score (nSPS) is 19.9. The topological polar surface area (TPSA) is 79.7 Å². The Morgan fingerprint density at radius 1 is 1.50 bits per heavy atom. The third kappa shape index (κ3) is 2.51. The van der Waals surface area contributed by atoms with Crippen molar-refractivity contribution in [2.75, 3.05) is 19.7 Å². The largest absolute Gasteiger partial charge is 0.479 e. The van der Waals surface area contributed by atoms with Crippen molar-refractivity contribution < 1.29 is 19.4 Å². The van der Waals surface area contributed by atoms with E-state index in [0.717, 1.165) is 5.01 Å². The second-order valence-corrected chi connectivity index (χ2v) is 5.30. The number of aliphatic carboxylic acids is 1. The number of ether oxygens (including phenoxy) is 1. The third-order valence-electron chi connectivity index (χ3n) is 2.73. The van der Waals surface area contributed by atoms with E-state index >= 15 is 0 Å². The molecule has 6 nitrogen and oxygen atoms in total. The lowest BCUT2D eigenvalue weighted by Gasteiger charge is -2.30. The Bertz CT molecular complexity index is 485. The van der Waals surface area contributed by atoms with Crippen LogP contribution in [0.5, 0.6) is 0 Å². The van der Waals surface area contributed by atoms with Crippen LogP contribution in [0.3, 0.4) is 0 Å². The maximum Gasteiger partial charge on any atom is 0.334 e. The van der Waals surface area contributed by atoms with Gasteiger partial charge in [-0.05, 0) is 13.8 Å². The molecule has 1 aliphatic rings. The van der Waals surface area contributed by atoms with Gasteiger partial charge in [0.1, 0.15) is 4.88 Å². The van der Waals surface area contributed by atoms with Crippen molar-refractivity contribution in [1.29, 1.82) is 0 Å². The van der Waals surface area contributed by atoms with Gasteiger partial charge in [0.25, 0.3) is 5.91 Å². The first-order valence-corrected chi connectivity index (χ1v) is 6.38. The Morgan fingerprint density at radius 3 is 2.78 bits per heavy atom. The van der Waals surface area contributed by atoms with Crippen LogP contribution in [0.25, 0.3) is 0 Å². The summed E-state index contributed by atoms with van der Waals surface area (Å²) >= 11 is 1.34. The number of carbonyl (C=O) groups is 2. The Morgan fingerprint density at radius 2 is 2.22 bits per heavy atom. The van der Waals surface area contributed by atoms with Crippen LogP contribution in [0, 0.1) is 13.8 Å². The number of morpholine rings is 1. The van der Waals surface area contributed by atoms with Crippen LogP contribution in [0.2, 0.25) is 0 Å². The molecule has 1 fully saturated rings. The molecule has 7 heteroatoms. The summed E-state index contributed by atoms with van der Waals surface area (Å²) in [6, 6.07) is 0. The molecule has 0 unspecified atom stereocenters. The van der Waals surface area contributed by atoms with Gasteiger partial charge in [0.05, 0.1) is 23.9 Å². The molecule has 2 rings (SSSR count). The molecule has 1 aromatic rings. The van der Waals surface area contributed by atoms with Crippen LogP contribution in [0.1, 0.15) is 20.4 Å². The highest BCUT2D eigenvalue weighted by Crippen LogP contribution is 2.20. The molecule has 0 bridgehead atoms. The van der Waals surface area contributed by atoms with Crippen molar-refractivity contribution in [3.8, 4) is 0 Å². The number of carbonyl (C=O) groups excluding carboxylic acids is 1. The van der Waals surface area contributed by atoms with E-state index in [1.807, 2.05) is 6.92 Å². The number of nitrogens with zero attached hydrogens (tertiary/aromatic N) is 2.